The van der Waals surface area contributed by atoms with Crippen molar-refractivity contribution in [2.45, 2.75) is 0 Å². The van der Waals surface area contributed by atoms with Crippen LogP contribution in [0.2, 0.25) is 0 Å². The van der Waals surface area contributed by atoms with Gasteiger partial charge in [0.2, 0.25) is 5.78 Å². The molecule has 8 nitrogen and oxygen atoms in total. The Morgan fingerprint density at radius 1 is 1.36 bits per heavy atom. The first kappa shape index (κ1) is 15.9. The summed E-state index contributed by atoms with van der Waals surface area (Å²) in [6, 6.07) is 3.11. The number of nitrogens with one attached hydrogen (secondary N) is 1. The molecule has 0 aliphatic heterocycles. The van der Waals surface area contributed by atoms with Gasteiger partial charge in [0.25, 0.3) is 5.91 Å². The fraction of sp³-hybridized carbons (Fsp3) is 0. The molecule has 124 valence electrons. The zero-order valence-electron chi connectivity index (χ0n) is 12.5. The molecule has 1 amide bonds. The van der Waals surface area contributed by atoms with Crippen molar-refractivity contribution in [2.75, 3.05) is 11.1 Å². The third kappa shape index (κ3) is 2.84. The number of benzene rings is 1. The second kappa shape index (κ2) is 5.93. The lowest BCUT2D eigenvalue weighted by Gasteiger charge is -2.10. The number of amides is 1. The highest BCUT2D eigenvalue weighted by atomic mass is 19.1. The number of aromatic carboxylic acids is 1. The van der Waals surface area contributed by atoms with Gasteiger partial charge in [-0.15, -0.1) is 6.42 Å². The van der Waals surface area contributed by atoms with Crippen molar-refractivity contribution < 1.29 is 19.1 Å². The standard InChI is InChI=1S/C16H10FN5O3/c1-2-8-5-11(9(15(24)25)6-10(8)17)20-14(23)12-7-13(18)22-4-3-19-16(22)21-12/h1,3-7H,18H2,(H,20,23)(H,24,25). The van der Waals surface area contributed by atoms with Crippen LogP contribution in [0.3, 0.4) is 0 Å². The van der Waals surface area contributed by atoms with E-state index in [4.69, 9.17) is 12.2 Å². The van der Waals surface area contributed by atoms with Gasteiger partial charge in [-0.3, -0.25) is 9.20 Å². The van der Waals surface area contributed by atoms with Crippen molar-refractivity contribution in [1.82, 2.24) is 14.4 Å². The summed E-state index contributed by atoms with van der Waals surface area (Å²) in [4.78, 5) is 31.6. The maximum atomic E-state index is 13.7. The maximum Gasteiger partial charge on any atom is 0.337 e. The number of hydrogen-bond acceptors (Lipinski definition) is 5. The Balaban J connectivity index is 2.02. The van der Waals surface area contributed by atoms with Crippen LogP contribution in [0.4, 0.5) is 15.9 Å². The molecule has 0 saturated carbocycles. The van der Waals surface area contributed by atoms with Crippen LogP contribution >= 0.6 is 0 Å². The molecule has 4 N–H and O–H groups in total. The number of carboxylic acid groups (broad SMARTS) is 1. The molecule has 3 aromatic rings. The molecule has 9 heteroatoms. The monoisotopic (exact) mass is 339 g/mol. The predicted octanol–water partition coefficient (Wildman–Crippen LogP) is 1.38. The molecule has 0 atom stereocenters. The molecular formula is C16H10FN5O3. The number of aromatic nitrogens is 3. The number of carbonyl (C=O) groups is 2. The Morgan fingerprint density at radius 3 is 2.80 bits per heavy atom. The summed E-state index contributed by atoms with van der Waals surface area (Å²) in [5.41, 5.74) is 4.94. The molecule has 0 fully saturated rings. The van der Waals surface area contributed by atoms with Gasteiger partial charge < -0.3 is 16.2 Å². The van der Waals surface area contributed by atoms with E-state index in [0.29, 0.717) is 0 Å². The lowest BCUT2D eigenvalue weighted by Crippen LogP contribution is -2.18. The van der Waals surface area contributed by atoms with E-state index in [2.05, 4.69) is 21.2 Å². The van der Waals surface area contributed by atoms with E-state index < -0.39 is 23.3 Å². The number of hydrogen-bond donors (Lipinski definition) is 3. The summed E-state index contributed by atoms with van der Waals surface area (Å²) in [5, 5.41) is 11.5. The van der Waals surface area contributed by atoms with Gasteiger partial charge in [-0.05, 0) is 12.1 Å². The molecule has 2 heterocycles. The van der Waals surface area contributed by atoms with Crippen molar-refractivity contribution >= 4 is 29.2 Å². The molecule has 0 unspecified atom stereocenters. The van der Waals surface area contributed by atoms with Crippen molar-refractivity contribution in [3.8, 4) is 12.3 Å². The van der Waals surface area contributed by atoms with Crippen molar-refractivity contribution in [3.63, 3.8) is 0 Å². The van der Waals surface area contributed by atoms with Crippen LogP contribution in [-0.4, -0.2) is 31.4 Å². The smallest absolute Gasteiger partial charge is 0.337 e. The number of nitrogens with zero attached hydrogens (tertiary/aromatic N) is 3. The normalized spacial score (nSPS) is 10.4. The number of halogens is 1. The summed E-state index contributed by atoms with van der Waals surface area (Å²) in [6.07, 6.45) is 8.20. The van der Waals surface area contributed by atoms with Gasteiger partial charge in [0.15, 0.2) is 0 Å². The number of fused-ring (bicyclic) bond motifs is 1. The summed E-state index contributed by atoms with van der Waals surface area (Å²) in [5.74, 6) is -0.545. The van der Waals surface area contributed by atoms with Crippen molar-refractivity contribution in [1.29, 1.82) is 0 Å². The highest BCUT2D eigenvalue weighted by Gasteiger charge is 2.18. The number of imidazole rings is 1. The Labute approximate surface area is 140 Å². The quantitative estimate of drug-likeness (QED) is 0.620. The summed E-state index contributed by atoms with van der Waals surface area (Å²) >= 11 is 0. The van der Waals surface area contributed by atoms with Gasteiger partial charge >= 0.3 is 5.97 Å². The third-order valence-electron chi connectivity index (χ3n) is 3.38. The maximum absolute atomic E-state index is 13.7. The van der Waals surface area contributed by atoms with Crippen LogP contribution < -0.4 is 11.1 Å². The molecule has 0 aliphatic rings. The van der Waals surface area contributed by atoms with Gasteiger partial charge in [0.05, 0.1) is 16.8 Å². The van der Waals surface area contributed by atoms with Crippen LogP contribution in [0.15, 0.2) is 30.6 Å². The average Bonchev–Trinajstić information content (AvgIpc) is 3.04. The number of rotatable bonds is 3. The largest absolute Gasteiger partial charge is 0.478 e. The van der Waals surface area contributed by atoms with Crippen LogP contribution in [0.1, 0.15) is 26.4 Å². The highest BCUT2D eigenvalue weighted by molar-refractivity contribution is 6.07. The first-order valence-corrected chi connectivity index (χ1v) is 6.85. The molecule has 0 saturated heterocycles. The SMILES string of the molecule is C#Cc1cc(NC(=O)c2cc(N)n3ccnc3n2)c(C(=O)O)cc1F. The van der Waals surface area contributed by atoms with Crippen LogP contribution in [-0.2, 0) is 0 Å². The van der Waals surface area contributed by atoms with Crippen LogP contribution in [0.25, 0.3) is 5.78 Å². The van der Waals surface area contributed by atoms with E-state index in [9.17, 15) is 19.1 Å². The number of anilines is 2. The van der Waals surface area contributed by atoms with Crippen molar-refractivity contribution in [2.24, 2.45) is 0 Å². The van der Waals surface area contributed by atoms with Gasteiger partial charge in [0, 0.05) is 18.5 Å². The number of terminal acetylenes is 1. The van der Waals surface area contributed by atoms with E-state index in [0.717, 1.165) is 12.1 Å². The van der Waals surface area contributed by atoms with Gasteiger partial charge in [-0.1, -0.05) is 5.92 Å². The minimum atomic E-state index is -1.42. The molecule has 0 aliphatic carbocycles. The second-order valence-electron chi connectivity index (χ2n) is 4.94. The molecule has 0 bridgehead atoms. The van der Waals surface area contributed by atoms with Gasteiger partial charge in [-0.25, -0.2) is 19.2 Å². The Hall–Kier alpha value is -3.93. The Morgan fingerprint density at radius 2 is 2.12 bits per heavy atom. The van der Waals surface area contributed by atoms with E-state index in [1.165, 1.54) is 16.7 Å². The van der Waals surface area contributed by atoms with Crippen LogP contribution in [0, 0.1) is 18.2 Å². The minimum Gasteiger partial charge on any atom is -0.478 e. The number of carbonyl (C=O) groups excluding carboxylic acids is 1. The topological polar surface area (TPSA) is 123 Å². The zero-order chi connectivity index (χ0) is 18.1. The molecule has 3 rings (SSSR count). The minimum absolute atomic E-state index is 0.0841. The van der Waals surface area contributed by atoms with Crippen LogP contribution in [0.5, 0.6) is 0 Å². The van der Waals surface area contributed by atoms with E-state index in [1.54, 1.807) is 6.20 Å². The molecule has 0 radical (unpaired) electrons. The number of carboxylic acids is 1. The summed E-state index contributed by atoms with van der Waals surface area (Å²) in [7, 11) is 0. The number of nitrogens with two attached hydrogens (primary N) is 1. The molecule has 25 heavy (non-hydrogen) atoms. The zero-order valence-corrected chi connectivity index (χ0v) is 12.5. The van der Waals surface area contributed by atoms with Gasteiger partial charge in [-0.2, -0.15) is 0 Å². The predicted molar refractivity (Wildman–Crippen MR) is 86.6 cm³/mol. The first-order chi connectivity index (χ1) is 11.9. The van der Waals surface area contributed by atoms with E-state index >= 15 is 0 Å². The van der Waals surface area contributed by atoms with Crippen molar-refractivity contribution in [3.05, 3.63) is 53.2 Å². The highest BCUT2D eigenvalue weighted by Crippen LogP contribution is 2.22. The lowest BCUT2D eigenvalue weighted by atomic mass is 10.1. The Kier molecular flexibility index (Phi) is 3.79. The van der Waals surface area contributed by atoms with E-state index in [1.807, 2.05) is 0 Å². The molecule has 1 aromatic carbocycles. The fourth-order valence-electron chi connectivity index (χ4n) is 2.20. The van der Waals surface area contributed by atoms with E-state index in [-0.39, 0.29) is 28.5 Å². The second-order valence-corrected chi connectivity index (χ2v) is 4.94. The average molecular weight is 339 g/mol. The summed E-state index contributed by atoms with van der Waals surface area (Å²) in [6.45, 7) is 0. The lowest BCUT2D eigenvalue weighted by molar-refractivity contribution is 0.0697. The first-order valence-electron chi connectivity index (χ1n) is 6.85. The number of nitrogen functional groups attached to an aromatic ring is 1. The fourth-order valence-corrected chi connectivity index (χ4v) is 2.20. The molecule has 2 aromatic heterocycles. The molecular weight excluding hydrogens is 329 g/mol. The third-order valence-corrected chi connectivity index (χ3v) is 3.38. The Bertz CT molecular complexity index is 1070. The summed E-state index contributed by atoms with van der Waals surface area (Å²) < 4.78 is 15.2. The van der Waals surface area contributed by atoms with Gasteiger partial charge in [0.1, 0.15) is 17.3 Å². The molecule has 0 spiro atoms.